The number of carbonyl (C=O) groups is 2. The number of methoxy groups -OCH3 is 1. The van der Waals surface area contributed by atoms with Gasteiger partial charge in [0, 0.05) is 24.7 Å². The fraction of sp³-hybridized carbons (Fsp3) is 0.600. The summed E-state index contributed by atoms with van der Waals surface area (Å²) in [6, 6.07) is 6.59. The molecule has 1 saturated carbocycles. The van der Waals surface area contributed by atoms with E-state index in [9.17, 15) is 19.8 Å². The zero-order chi connectivity index (χ0) is 23.8. The lowest BCUT2D eigenvalue weighted by molar-refractivity contribution is -0.154. The topological polar surface area (TPSA) is 102 Å². The molecule has 0 spiro atoms. The van der Waals surface area contributed by atoms with Crippen molar-refractivity contribution in [2.24, 2.45) is 17.3 Å². The molecule has 0 unspecified atom stereocenters. The lowest BCUT2D eigenvalue weighted by Crippen LogP contribution is -2.50. The van der Waals surface area contributed by atoms with Gasteiger partial charge in [-0.3, -0.25) is 4.79 Å². The molecular weight excluding hydrogens is 412 g/mol. The molecule has 2 N–H and O–H groups in total. The van der Waals surface area contributed by atoms with Crippen molar-refractivity contribution in [3.63, 3.8) is 0 Å². The van der Waals surface area contributed by atoms with E-state index in [0.29, 0.717) is 16.9 Å². The average Bonchev–Trinajstić information content (AvgIpc) is 2.87. The normalized spacial score (nSPS) is 34.3. The molecule has 0 amide bonds. The van der Waals surface area contributed by atoms with Gasteiger partial charge in [-0.1, -0.05) is 20.8 Å². The number of carbonyl (C=O) groups excluding carboxylic acids is 2. The van der Waals surface area contributed by atoms with E-state index >= 15 is 0 Å². The summed E-state index contributed by atoms with van der Waals surface area (Å²) in [7, 11) is 1.55. The summed E-state index contributed by atoms with van der Waals surface area (Å²) in [5, 5.41) is 22.6. The second-order valence-electron chi connectivity index (χ2n) is 9.66. The SMILES string of the molecule is COc1ccc(C(=O)O[C@@H]2C=C(C)[C@@H](O)C[C@@]3(C)[C@H](OC(C)=O)C[C@](O)(C(C)C)[C@@H]23)cc1. The molecular formula is C25H34O7. The third-order valence-electron chi connectivity index (χ3n) is 7.29. The highest BCUT2D eigenvalue weighted by Gasteiger charge is 2.65. The number of hydrogen-bond donors (Lipinski definition) is 2. The lowest BCUT2D eigenvalue weighted by atomic mass is 9.67. The van der Waals surface area contributed by atoms with E-state index < -0.39 is 47.2 Å². The van der Waals surface area contributed by atoms with Gasteiger partial charge in [-0.2, -0.15) is 0 Å². The molecule has 0 aromatic heterocycles. The van der Waals surface area contributed by atoms with Crippen molar-refractivity contribution >= 4 is 11.9 Å². The summed E-state index contributed by atoms with van der Waals surface area (Å²) in [5.74, 6) is -1.13. The fourth-order valence-electron chi connectivity index (χ4n) is 5.38. The lowest BCUT2D eigenvalue weighted by Gasteiger charge is -2.43. The minimum atomic E-state index is -1.26. The number of esters is 2. The zero-order valence-corrected chi connectivity index (χ0v) is 19.6. The summed E-state index contributed by atoms with van der Waals surface area (Å²) in [4.78, 5) is 24.9. The molecule has 7 heteroatoms. The van der Waals surface area contributed by atoms with Gasteiger partial charge in [0.25, 0.3) is 0 Å². The molecule has 2 aliphatic carbocycles. The number of rotatable bonds is 5. The minimum Gasteiger partial charge on any atom is -0.497 e. The molecule has 0 heterocycles. The third kappa shape index (κ3) is 4.28. The molecule has 1 fully saturated rings. The largest absolute Gasteiger partial charge is 0.497 e. The van der Waals surface area contributed by atoms with Crippen LogP contribution in [0.1, 0.15) is 57.8 Å². The van der Waals surface area contributed by atoms with E-state index in [1.165, 1.54) is 6.92 Å². The minimum absolute atomic E-state index is 0.196. The van der Waals surface area contributed by atoms with Gasteiger partial charge in [0.1, 0.15) is 18.0 Å². The van der Waals surface area contributed by atoms with Crippen molar-refractivity contribution in [1.29, 1.82) is 0 Å². The van der Waals surface area contributed by atoms with Crippen LogP contribution in [-0.4, -0.2) is 53.2 Å². The van der Waals surface area contributed by atoms with Crippen LogP contribution in [-0.2, 0) is 14.3 Å². The summed E-state index contributed by atoms with van der Waals surface area (Å²) in [6.07, 6.45) is -0.00977. The zero-order valence-electron chi connectivity index (χ0n) is 19.6. The van der Waals surface area contributed by atoms with E-state index in [4.69, 9.17) is 14.2 Å². The molecule has 0 aliphatic heterocycles. The fourth-order valence-corrected chi connectivity index (χ4v) is 5.38. The molecule has 1 aromatic rings. The van der Waals surface area contributed by atoms with Crippen LogP contribution in [0.15, 0.2) is 35.9 Å². The summed E-state index contributed by atoms with van der Waals surface area (Å²) < 4.78 is 16.7. The van der Waals surface area contributed by atoms with E-state index in [0.717, 1.165) is 0 Å². The first kappa shape index (κ1) is 24.3. The van der Waals surface area contributed by atoms with Crippen molar-refractivity contribution in [2.45, 2.75) is 71.4 Å². The molecule has 1 aromatic carbocycles. The van der Waals surface area contributed by atoms with Gasteiger partial charge < -0.3 is 24.4 Å². The highest BCUT2D eigenvalue weighted by atomic mass is 16.6. The number of ether oxygens (including phenoxy) is 3. The maximum absolute atomic E-state index is 13.0. The summed E-state index contributed by atoms with van der Waals surface area (Å²) in [5.41, 5.74) is -1.06. The monoisotopic (exact) mass is 446 g/mol. The Hall–Kier alpha value is -2.38. The maximum atomic E-state index is 13.0. The van der Waals surface area contributed by atoms with Crippen LogP contribution in [0.25, 0.3) is 0 Å². The number of fused-ring (bicyclic) bond motifs is 1. The van der Waals surface area contributed by atoms with Gasteiger partial charge >= 0.3 is 11.9 Å². The van der Waals surface area contributed by atoms with Crippen molar-refractivity contribution in [3.05, 3.63) is 41.5 Å². The molecule has 176 valence electrons. The average molecular weight is 447 g/mol. The predicted molar refractivity (Wildman–Crippen MR) is 118 cm³/mol. The maximum Gasteiger partial charge on any atom is 0.338 e. The van der Waals surface area contributed by atoms with E-state index in [2.05, 4.69) is 0 Å². The summed E-state index contributed by atoms with van der Waals surface area (Å²) in [6.45, 7) is 8.81. The molecule has 6 atom stereocenters. The van der Waals surface area contributed by atoms with Crippen LogP contribution < -0.4 is 4.74 Å². The van der Waals surface area contributed by atoms with Crippen molar-refractivity contribution < 1.29 is 34.0 Å². The molecule has 0 bridgehead atoms. The first-order valence-electron chi connectivity index (χ1n) is 11.0. The van der Waals surface area contributed by atoms with Gasteiger partial charge in [-0.05, 0) is 55.2 Å². The highest BCUT2D eigenvalue weighted by molar-refractivity contribution is 5.89. The van der Waals surface area contributed by atoms with E-state index in [1.54, 1.807) is 44.4 Å². The second kappa shape index (κ2) is 8.87. The van der Waals surface area contributed by atoms with Crippen molar-refractivity contribution in [2.75, 3.05) is 7.11 Å². The second-order valence-corrected chi connectivity index (χ2v) is 9.66. The quantitative estimate of drug-likeness (QED) is 0.529. The Bertz CT molecular complexity index is 890. The van der Waals surface area contributed by atoms with E-state index in [1.807, 2.05) is 20.8 Å². The Balaban J connectivity index is 2.04. The van der Waals surface area contributed by atoms with Crippen LogP contribution in [0.3, 0.4) is 0 Å². The standard InChI is InChI=1S/C25H34O7/c1-14(2)25(29)13-21(31-16(4)26)24(5)12-19(27)15(3)11-20(22(24)25)32-23(28)17-7-9-18(30-6)10-8-17/h7-11,14,19-22,27,29H,12-13H2,1-6H3/t19-,20+,21+,22-,24-,25-/m0/s1. The Kier molecular flexibility index (Phi) is 6.72. The number of aliphatic hydroxyl groups is 2. The van der Waals surface area contributed by atoms with E-state index in [-0.39, 0.29) is 18.8 Å². The van der Waals surface area contributed by atoms with Crippen LogP contribution in [0, 0.1) is 17.3 Å². The Labute approximate surface area is 189 Å². The van der Waals surface area contributed by atoms with Gasteiger partial charge in [0.15, 0.2) is 0 Å². The number of benzene rings is 1. The first-order valence-corrected chi connectivity index (χ1v) is 11.0. The molecule has 0 saturated heterocycles. The van der Waals surface area contributed by atoms with Crippen LogP contribution in [0.2, 0.25) is 0 Å². The first-order chi connectivity index (χ1) is 14.9. The third-order valence-corrected chi connectivity index (χ3v) is 7.29. The number of hydrogen-bond acceptors (Lipinski definition) is 7. The number of aliphatic hydroxyl groups excluding tert-OH is 1. The van der Waals surface area contributed by atoms with Gasteiger partial charge in [0.05, 0.1) is 24.4 Å². The van der Waals surface area contributed by atoms with Crippen LogP contribution >= 0.6 is 0 Å². The Morgan fingerprint density at radius 1 is 1.12 bits per heavy atom. The summed E-state index contributed by atoms with van der Waals surface area (Å²) >= 11 is 0. The molecule has 3 rings (SSSR count). The van der Waals surface area contributed by atoms with Crippen molar-refractivity contribution in [1.82, 2.24) is 0 Å². The van der Waals surface area contributed by atoms with Crippen molar-refractivity contribution in [3.8, 4) is 5.75 Å². The van der Waals surface area contributed by atoms with Crippen LogP contribution in [0.5, 0.6) is 5.75 Å². The van der Waals surface area contributed by atoms with Gasteiger partial charge in [-0.15, -0.1) is 0 Å². The van der Waals surface area contributed by atoms with Crippen LogP contribution in [0.4, 0.5) is 0 Å². The Morgan fingerprint density at radius 2 is 1.75 bits per heavy atom. The Morgan fingerprint density at radius 3 is 2.28 bits per heavy atom. The molecule has 32 heavy (non-hydrogen) atoms. The molecule has 2 aliphatic rings. The van der Waals surface area contributed by atoms with Gasteiger partial charge in [-0.25, -0.2) is 4.79 Å². The smallest absolute Gasteiger partial charge is 0.338 e. The highest BCUT2D eigenvalue weighted by Crippen LogP contribution is 2.59. The molecule has 7 nitrogen and oxygen atoms in total. The van der Waals surface area contributed by atoms with Gasteiger partial charge in [0.2, 0.25) is 0 Å². The molecule has 0 radical (unpaired) electrons. The predicted octanol–water partition coefficient (Wildman–Crippen LogP) is 3.28.